The Balaban J connectivity index is 1.46. The number of rotatable bonds is 4. The van der Waals surface area contributed by atoms with Crippen molar-refractivity contribution < 1.29 is 14.0 Å². The second-order valence-electron chi connectivity index (χ2n) is 5.32. The van der Waals surface area contributed by atoms with Gasteiger partial charge < -0.3 is 14.2 Å². The number of hydrogen-bond acceptors (Lipinski definition) is 4. The van der Waals surface area contributed by atoms with E-state index in [1.165, 1.54) is 6.26 Å². The van der Waals surface area contributed by atoms with Gasteiger partial charge in [-0.3, -0.25) is 14.3 Å². The minimum atomic E-state index is -0.131. The van der Waals surface area contributed by atoms with E-state index in [-0.39, 0.29) is 11.8 Å². The number of hydrogen-bond donors (Lipinski definition) is 0. The first-order valence-electron chi connectivity index (χ1n) is 7.42. The fourth-order valence-corrected chi connectivity index (χ4v) is 2.70. The molecular formula is C15H17ClN4O3. The number of piperazine rings is 1. The molecule has 0 radical (unpaired) electrons. The van der Waals surface area contributed by atoms with Crippen LogP contribution in [0.2, 0.25) is 5.02 Å². The van der Waals surface area contributed by atoms with Gasteiger partial charge in [-0.25, -0.2) is 0 Å². The molecule has 2 amide bonds. The summed E-state index contributed by atoms with van der Waals surface area (Å²) in [6, 6.07) is 3.34. The Hall–Kier alpha value is -2.28. The highest BCUT2D eigenvalue weighted by Crippen LogP contribution is 2.11. The first kappa shape index (κ1) is 15.6. The van der Waals surface area contributed by atoms with Crippen LogP contribution in [0.25, 0.3) is 0 Å². The van der Waals surface area contributed by atoms with Gasteiger partial charge in [-0.05, 0) is 12.1 Å². The molecule has 1 fully saturated rings. The highest BCUT2D eigenvalue weighted by molar-refractivity contribution is 6.30. The molecule has 8 heteroatoms. The third kappa shape index (κ3) is 3.73. The SMILES string of the molecule is O=C(CCn1cc(Cl)cn1)N1CCN(C(=O)c2ccco2)CC1. The van der Waals surface area contributed by atoms with Crippen LogP contribution in [-0.4, -0.2) is 57.6 Å². The van der Waals surface area contributed by atoms with Crippen molar-refractivity contribution in [2.45, 2.75) is 13.0 Å². The number of furan rings is 1. The van der Waals surface area contributed by atoms with Crippen molar-refractivity contribution in [3.8, 4) is 0 Å². The predicted molar refractivity (Wildman–Crippen MR) is 83.0 cm³/mol. The summed E-state index contributed by atoms with van der Waals surface area (Å²) in [6.45, 7) is 2.59. The summed E-state index contributed by atoms with van der Waals surface area (Å²) in [6.07, 6.45) is 5.08. The zero-order chi connectivity index (χ0) is 16.2. The summed E-state index contributed by atoms with van der Waals surface area (Å²) in [5, 5.41) is 4.61. The van der Waals surface area contributed by atoms with Crippen molar-refractivity contribution in [3.63, 3.8) is 0 Å². The van der Waals surface area contributed by atoms with E-state index in [1.807, 2.05) is 0 Å². The van der Waals surface area contributed by atoms with Gasteiger partial charge in [0.05, 0.1) is 17.5 Å². The fraction of sp³-hybridized carbons (Fsp3) is 0.400. The van der Waals surface area contributed by atoms with E-state index in [0.29, 0.717) is 49.9 Å². The molecular weight excluding hydrogens is 320 g/mol. The maximum Gasteiger partial charge on any atom is 0.289 e. The smallest absolute Gasteiger partial charge is 0.289 e. The van der Waals surface area contributed by atoms with Crippen molar-refractivity contribution >= 4 is 23.4 Å². The average Bonchev–Trinajstić information content (AvgIpc) is 3.24. The van der Waals surface area contributed by atoms with Crippen molar-refractivity contribution in [1.82, 2.24) is 19.6 Å². The molecule has 23 heavy (non-hydrogen) atoms. The van der Waals surface area contributed by atoms with Gasteiger partial charge in [-0.15, -0.1) is 0 Å². The monoisotopic (exact) mass is 336 g/mol. The minimum Gasteiger partial charge on any atom is -0.459 e. The van der Waals surface area contributed by atoms with Gasteiger partial charge >= 0.3 is 0 Å². The van der Waals surface area contributed by atoms with E-state index in [4.69, 9.17) is 16.0 Å². The van der Waals surface area contributed by atoms with Crippen LogP contribution in [0.4, 0.5) is 0 Å². The number of halogens is 1. The zero-order valence-electron chi connectivity index (χ0n) is 12.5. The Morgan fingerprint density at radius 3 is 2.57 bits per heavy atom. The lowest BCUT2D eigenvalue weighted by Crippen LogP contribution is -2.50. The van der Waals surface area contributed by atoms with E-state index >= 15 is 0 Å². The first-order chi connectivity index (χ1) is 11.1. The highest BCUT2D eigenvalue weighted by Gasteiger charge is 2.25. The van der Waals surface area contributed by atoms with Gasteiger partial charge in [0.2, 0.25) is 5.91 Å². The maximum absolute atomic E-state index is 12.2. The Labute approximate surface area is 138 Å². The molecule has 1 aliphatic rings. The van der Waals surface area contributed by atoms with Crippen LogP contribution >= 0.6 is 11.6 Å². The average molecular weight is 337 g/mol. The number of nitrogens with zero attached hydrogens (tertiary/aromatic N) is 4. The molecule has 1 aliphatic heterocycles. The second-order valence-corrected chi connectivity index (χ2v) is 5.76. The summed E-state index contributed by atoms with van der Waals surface area (Å²) in [5.41, 5.74) is 0. The van der Waals surface area contributed by atoms with Crippen molar-refractivity contribution in [1.29, 1.82) is 0 Å². The molecule has 3 rings (SSSR count). The third-order valence-corrected chi connectivity index (χ3v) is 4.00. The van der Waals surface area contributed by atoms with Gasteiger partial charge in [0, 0.05) is 45.3 Å². The van der Waals surface area contributed by atoms with Crippen LogP contribution in [-0.2, 0) is 11.3 Å². The molecule has 0 aromatic carbocycles. The Morgan fingerprint density at radius 1 is 1.22 bits per heavy atom. The Bertz CT molecular complexity index is 675. The van der Waals surface area contributed by atoms with Gasteiger partial charge in [-0.1, -0.05) is 11.6 Å². The normalized spacial score (nSPS) is 15.0. The van der Waals surface area contributed by atoms with E-state index in [0.717, 1.165) is 0 Å². The van der Waals surface area contributed by atoms with E-state index in [2.05, 4.69) is 5.10 Å². The predicted octanol–water partition coefficient (Wildman–Crippen LogP) is 1.50. The largest absolute Gasteiger partial charge is 0.459 e. The molecule has 1 saturated heterocycles. The lowest BCUT2D eigenvalue weighted by atomic mass is 10.2. The summed E-state index contributed by atoms with van der Waals surface area (Å²) < 4.78 is 6.77. The molecule has 0 N–H and O–H groups in total. The number of amides is 2. The standard InChI is InChI=1S/C15H17ClN4O3/c16-12-10-17-20(11-12)4-3-14(21)18-5-7-19(8-6-18)15(22)13-2-1-9-23-13/h1-2,9-11H,3-8H2. The zero-order valence-corrected chi connectivity index (χ0v) is 13.3. The molecule has 2 aromatic rings. The second kappa shape index (κ2) is 6.87. The first-order valence-corrected chi connectivity index (χ1v) is 7.80. The van der Waals surface area contributed by atoms with Crippen molar-refractivity contribution in [3.05, 3.63) is 41.6 Å². The van der Waals surface area contributed by atoms with Crippen LogP contribution < -0.4 is 0 Å². The topological polar surface area (TPSA) is 71.6 Å². The highest BCUT2D eigenvalue weighted by atomic mass is 35.5. The summed E-state index contributed by atoms with van der Waals surface area (Å²) >= 11 is 5.79. The molecule has 2 aromatic heterocycles. The van der Waals surface area contributed by atoms with Crippen LogP contribution in [0.15, 0.2) is 35.2 Å². The number of carbonyl (C=O) groups excluding carboxylic acids is 2. The van der Waals surface area contributed by atoms with Gasteiger partial charge in [-0.2, -0.15) is 5.10 Å². The van der Waals surface area contributed by atoms with E-state index in [1.54, 1.807) is 39.0 Å². The molecule has 0 unspecified atom stereocenters. The molecule has 0 saturated carbocycles. The van der Waals surface area contributed by atoms with Crippen molar-refractivity contribution in [2.24, 2.45) is 0 Å². The third-order valence-electron chi connectivity index (χ3n) is 3.81. The Kier molecular flexibility index (Phi) is 4.66. The maximum atomic E-state index is 12.2. The van der Waals surface area contributed by atoms with E-state index < -0.39 is 0 Å². The van der Waals surface area contributed by atoms with E-state index in [9.17, 15) is 9.59 Å². The molecule has 0 aliphatic carbocycles. The fourth-order valence-electron chi connectivity index (χ4n) is 2.54. The van der Waals surface area contributed by atoms with Crippen LogP contribution in [0.3, 0.4) is 0 Å². The molecule has 7 nitrogen and oxygen atoms in total. The summed E-state index contributed by atoms with van der Waals surface area (Å²) in [7, 11) is 0. The van der Waals surface area contributed by atoms with Crippen LogP contribution in [0, 0.1) is 0 Å². The minimum absolute atomic E-state index is 0.0571. The van der Waals surface area contributed by atoms with Crippen LogP contribution in [0.1, 0.15) is 17.0 Å². The lowest BCUT2D eigenvalue weighted by Gasteiger charge is -2.34. The molecule has 0 spiro atoms. The Morgan fingerprint density at radius 2 is 1.96 bits per heavy atom. The lowest BCUT2D eigenvalue weighted by molar-refractivity contribution is -0.132. The molecule has 3 heterocycles. The molecule has 122 valence electrons. The quantitative estimate of drug-likeness (QED) is 0.848. The van der Waals surface area contributed by atoms with Gasteiger partial charge in [0.15, 0.2) is 5.76 Å². The van der Waals surface area contributed by atoms with Gasteiger partial charge in [0.25, 0.3) is 5.91 Å². The molecule has 0 bridgehead atoms. The van der Waals surface area contributed by atoms with Gasteiger partial charge in [0.1, 0.15) is 0 Å². The number of aromatic nitrogens is 2. The van der Waals surface area contributed by atoms with Crippen molar-refractivity contribution in [2.75, 3.05) is 26.2 Å². The van der Waals surface area contributed by atoms with Crippen LogP contribution in [0.5, 0.6) is 0 Å². The summed E-state index contributed by atoms with van der Waals surface area (Å²) in [5.74, 6) is 0.260. The number of carbonyl (C=O) groups is 2. The number of aryl methyl sites for hydroxylation is 1. The molecule has 0 atom stereocenters. The summed E-state index contributed by atoms with van der Waals surface area (Å²) in [4.78, 5) is 27.8.